The lowest BCUT2D eigenvalue weighted by Gasteiger charge is -2.10. The Labute approximate surface area is 105 Å². The van der Waals surface area contributed by atoms with Gasteiger partial charge in [-0.25, -0.2) is 9.97 Å². The molecule has 0 unspecified atom stereocenters. The number of hydrogen-bond acceptors (Lipinski definition) is 4. The molecule has 1 aromatic heterocycles. The van der Waals surface area contributed by atoms with Crippen molar-refractivity contribution < 1.29 is 4.74 Å². The predicted molar refractivity (Wildman–Crippen MR) is 69.0 cm³/mol. The number of aromatic nitrogens is 2. The van der Waals surface area contributed by atoms with Gasteiger partial charge in [0.25, 0.3) is 0 Å². The van der Waals surface area contributed by atoms with Gasteiger partial charge < -0.3 is 10.5 Å². The van der Waals surface area contributed by atoms with Crippen molar-refractivity contribution in [2.75, 3.05) is 0 Å². The first kappa shape index (κ1) is 12.0. The summed E-state index contributed by atoms with van der Waals surface area (Å²) in [5.74, 6) is 0.778. The Hall–Kier alpha value is -2.43. The molecule has 0 bridgehead atoms. The van der Waals surface area contributed by atoms with Gasteiger partial charge in [-0.05, 0) is 31.0 Å². The number of amidine groups is 1. The highest BCUT2D eigenvalue weighted by atomic mass is 16.5. The highest BCUT2D eigenvalue weighted by Gasteiger charge is 2.11. The SMILES string of the molecule is Cc1ccc(C)c(Oc2nccnc2C(=N)N)c1. The minimum atomic E-state index is -0.164. The second kappa shape index (κ2) is 4.83. The molecule has 0 radical (unpaired) electrons. The van der Waals surface area contributed by atoms with Crippen LogP contribution in [0.25, 0.3) is 0 Å². The van der Waals surface area contributed by atoms with Gasteiger partial charge in [0.15, 0.2) is 5.69 Å². The van der Waals surface area contributed by atoms with E-state index >= 15 is 0 Å². The molecule has 0 saturated carbocycles. The molecule has 92 valence electrons. The Kier molecular flexibility index (Phi) is 3.23. The van der Waals surface area contributed by atoms with Crippen LogP contribution in [0.2, 0.25) is 0 Å². The van der Waals surface area contributed by atoms with E-state index in [-0.39, 0.29) is 17.4 Å². The van der Waals surface area contributed by atoms with Crippen molar-refractivity contribution in [2.45, 2.75) is 13.8 Å². The van der Waals surface area contributed by atoms with E-state index in [0.717, 1.165) is 11.1 Å². The van der Waals surface area contributed by atoms with E-state index in [1.807, 2.05) is 32.0 Å². The van der Waals surface area contributed by atoms with E-state index in [4.69, 9.17) is 15.9 Å². The lowest BCUT2D eigenvalue weighted by molar-refractivity contribution is 0.455. The number of aryl methyl sites for hydroxylation is 2. The third kappa shape index (κ3) is 2.45. The molecule has 0 aliphatic heterocycles. The summed E-state index contributed by atoms with van der Waals surface area (Å²) >= 11 is 0. The summed E-state index contributed by atoms with van der Waals surface area (Å²) in [4.78, 5) is 8.05. The zero-order valence-electron chi connectivity index (χ0n) is 10.3. The maximum absolute atomic E-state index is 7.43. The van der Waals surface area contributed by atoms with Crippen LogP contribution in [-0.2, 0) is 0 Å². The lowest BCUT2D eigenvalue weighted by atomic mass is 10.1. The molecule has 2 rings (SSSR count). The molecule has 0 spiro atoms. The molecular formula is C13H14N4O. The fourth-order valence-corrected chi connectivity index (χ4v) is 1.51. The fraction of sp³-hybridized carbons (Fsp3) is 0.154. The van der Waals surface area contributed by atoms with Crippen molar-refractivity contribution in [3.05, 3.63) is 47.4 Å². The number of benzene rings is 1. The number of ether oxygens (including phenoxy) is 1. The molecule has 0 aliphatic rings. The zero-order valence-corrected chi connectivity index (χ0v) is 10.3. The number of nitrogens with two attached hydrogens (primary N) is 1. The van der Waals surface area contributed by atoms with E-state index in [1.165, 1.54) is 12.4 Å². The van der Waals surface area contributed by atoms with E-state index in [1.54, 1.807) is 0 Å². The van der Waals surface area contributed by atoms with Gasteiger partial charge in [-0.15, -0.1) is 0 Å². The Bertz CT molecular complexity index is 595. The molecule has 1 aromatic carbocycles. The van der Waals surface area contributed by atoms with Crippen molar-refractivity contribution in [1.29, 1.82) is 5.41 Å². The molecule has 0 fully saturated rings. The van der Waals surface area contributed by atoms with E-state index in [9.17, 15) is 0 Å². The average Bonchev–Trinajstić information content (AvgIpc) is 2.34. The van der Waals surface area contributed by atoms with Crippen LogP contribution in [0.1, 0.15) is 16.8 Å². The van der Waals surface area contributed by atoms with Gasteiger partial charge in [-0.1, -0.05) is 12.1 Å². The summed E-state index contributed by atoms with van der Waals surface area (Å²) in [6, 6.07) is 5.88. The van der Waals surface area contributed by atoms with E-state index in [0.29, 0.717) is 5.75 Å². The summed E-state index contributed by atoms with van der Waals surface area (Å²) in [5.41, 5.74) is 7.76. The molecular weight excluding hydrogens is 228 g/mol. The number of nitrogens with one attached hydrogen (secondary N) is 1. The molecule has 0 amide bonds. The van der Waals surface area contributed by atoms with Crippen LogP contribution in [-0.4, -0.2) is 15.8 Å². The van der Waals surface area contributed by atoms with Crippen LogP contribution in [0.4, 0.5) is 0 Å². The van der Waals surface area contributed by atoms with Crippen LogP contribution in [0.3, 0.4) is 0 Å². The molecule has 1 heterocycles. The maximum atomic E-state index is 7.43. The lowest BCUT2D eigenvalue weighted by Crippen LogP contribution is -2.15. The topological polar surface area (TPSA) is 84.9 Å². The first-order valence-corrected chi connectivity index (χ1v) is 5.48. The second-order valence-corrected chi connectivity index (χ2v) is 3.99. The van der Waals surface area contributed by atoms with Gasteiger partial charge in [0.2, 0.25) is 5.88 Å². The Morgan fingerprint density at radius 3 is 2.67 bits per heavy atom. The first-order valence-electron chi connectivity index (χ1n) is 5.48. The molecule has 5 nitrogen and oxygen atoms in total. The van der Waals surface area contributed by atoms with E-state index in [2.05, 4.69) is 9.97 Å². The number of nitrogens with zero attached hydrogens (tertiary/aromatic N) is 2. The van der Waals surface area contributed by atoms with Gasteiger partial charge in [0.1, 0.15) is 11.6 Å². The van der Waals surface area contributed by atoms with Gasteiger partial charge >= 0.3 is 0 Å². The second-order valence-electron chi connectivity index (χ2n) is 3.99. The fourth-order valence-electron chi connectivity index (χ4n) is 1.51. The molecule has 0 aliphatic carbocycles. The van der Waals surface area contributed by atoms with Crippen molar-refractivity contribution in [1.82, 2.24) is 9.97 Å². The summed E-state index contributed by atoms with van der Waals surface area (Å²) in [7, 11) is 0. The first-order chi connectivity index (χ1) is 8.58. The van der Waals surface area contributed by atoms with Gasteiger partial charge in [-0.3, -0.25) is 5.41 Å². The number of hydrogen-bond donors (Lipinski definition) is 2. The quantitative estimate of drug-likeness (QED) is 0.638. The summed E-state index contributed by atoms with van der Waals surface area (Å²) < 4.78 is 5.69. The van der Waals surface area contributed by atoms with Crippen LogP contribution in [0.5, 0.6) is 11.6 Å². The van der Waals surface area contributed by atoms with Crippen molar-refractivity contribution >= 4 is 5.84 Å². The smallest absolute Gasteiger partial charge is 0.249 e. The van der Waals surface area contributed by atoms with E-state index < -0.39 is 0 Å². The Balaban J connectivity index is 2.40. The molecule has 2 aromatic rings. The van der Waals surface area contributed by atoms with Gasteiger partial charge in [0.05, 0.1) is 0 Å². The van der Waals surface area contributed by atoms with Crippen LogP contribution < -0.4 is 10.5 Å². The predicted octanol–water partition coefficient (Wildman–Crippen LogP) is 2.17. The molecule has 3 N–H and O–H groups in total. The zero-order chi connectivity index (χ0) is 13.1. The summed E-state index contributed by atoms with van der Waals surface area (Å²) in [6.07, 6.45) is 2.99. The molecule has 5 heteroatoms. The largest absolute Gasteiger partial charge is 0.437 e. The highest BCUT2D eigenvalue weighted by molar-refractivity contribution is 5.95. The Morgan fingerprint density at radius 1 is 1.22 bits per heavy atom. The monoisotopic (exact) mass is 242 g/mol. The normalized spacial score (nSPS) is 10.1. The number of rotatable bonds is 3. The maximum Gasteiger partial charge on any atom is 0.249 e. The van der Waals surface area contributed by atoms with Crippen LogP contribution >= 0.6 is 0 Å². The standard InChI is InChI=1S/C13H14N4O/c1-8-3-4-9(2)10(7-8)18-13-11(12(14)15)16-5-6-17-13/h3-7H,1-2H3,(H3,14,15). The third-order valence-electron chi connectivity index (χ3n) is 2.47. The minimum absolute atomic E-state index is 0.164. The van der Waals surface area contributed by atoms with Crippen LogP contribution in [0, 0.1) is 19.3 Å². The van der Waals surface area contributed by atoms with Crippen LogP contribution in [0.15, 0.2) is 30.6 Å². The summed E-state index contributed by atoms with van der Waals surface area (Å²) in [5, 5.41) is 7.43. The third-order valence-corrected chi connectivity index (χ3v) is 2.47. The minimum Gasteiger partial charge on any atom is -0.437 e. The van der Waals surface area contributed by atoms with Gasteiger partial charge in [-0.2, -0.15) is 0 Å². The van der Waals surface area contributed by atoms with Crippen molar-refractivity contribution in [2.24, 2.45) is 5.73 Å². The van der Waals surface area contributed by atoms with Crippen molar-refractivity contribution in [3.63, 3.8) is 0 Å². The molecule has 0 atom stereocenters. The molecule has 0 saturated heterocycles. The van der Waals surface area contributed by atoms with Gasteiger partial charge in [0, 0.05) is 12.4 Å². The summed E-state index contributed by atoms with van der Waals surface area (Å²) in [6.45, 7) is 3.92. The molecule has 18 heavy (non-hydrogen) atoms. The average molecular weight is 242 g/mol. The highest BCUT2D eigenvalue weighted by Crippen LogP contribution is 2.25. The van der Waals surface area contributed by atoms with Crippen molar-refractivity contribution in [3.8, 4) is 11.6 Å². The number of nitrogen functional groups attached to an aromatic ring is 1. The Morgan fingerprint density at radius 2 is 1.94 bits per heavy atom.